The molecule has 0 aromatic carbocycles. The standard InChI is InChI=1S/C17H18N4O3S/c1-8-13(10(3)22)9(2)19-14(8)15(23)11(4)25-17-21-20-16(24-17)12-6-5-7-18-12/h5-7,11,18-19H,1-4H3. The molecule has 25 heavy (non-hydrogen) atoms. The van der Waals surface area contributed by atoms with Crippen molar-refractivity contribution in [2.75, 3.05) is 0 Å². The van der Waals surface area contributed by atoms with Crippen molar-refractivity contribution in [2.45, 2.75) is 38.2 Å². The molecule has 0 amide bonds. The van der Waals surface area contributed by atoms with Crippen LogP contribution in [0.2, 0.25) is 0 Å². The van der Waals surface area contributed by atoms with Crippen LogP contribution in [0.3, 0.4) is 0 Å². The molecule has 0 aliphatic heterocycles. The minimum Gasteiger partial charge on any atom is -0.410 e. The molecule has 0 bridgehead atoms. The number of carbonyl (C=O) groups is 2. The van der Waals surface area contributed by atoms with Gasteiger partial charge >= 0.3 is 0 Å². The Morgan fingerprint density at radius 3 is 2.64 bits per heavy atom. The molecule has 1 atom stereocenters. The van der Waals surface area contributed by atoms with Gasteiger partial charge in [0.25, 0.3) is 11.1 Å². The molecule has 7 nitrogen and oxygen atoms in total. The van der Waals surface area contributed by atoms with Crippen LogP contribution in [0.25, 0.3) is 11.6 Å². The monoisotopic (exact) mass is 358 g/mol. The van der Waals surface area contributed by atoms with Gasteiger partial charge in [-0.1, -0.05) is 11.8 Å². The van der Waals surface area contributed by atoms with Crippen LogP contribution in [-0.2, 0) is 0 Å². The first kappa shape index (κ1) is 17.2. The van der Waals surface area contributed by atoms with Crippen LogP contribution in [0.1, 0.15) is 46.0 Å². The van der Waals surface area contributed by atoms with Gasteiger partial charge in [0, 0.05) is 17.5 Å². The molecule has 0 saturated carbocycles. The average molecular weight is 358 g/mol. The average Bonchev–Trinajstić information content (AvgIpc) is 3.26. The number of nitrogens with zero attached hydrogens (tertiary/aromatic N) is 2. The van der Waals surface area contributed by atoms with Crippen LogP contribution < -0.4 is 0 Å². The molecular weight excluding hydrogens is 340 g/mol. The molecule has 8 heteroatoms. The lowest BCUT2D eigenvalue weighted by atomic mass is 10.0. The lowest BCUT2D eigenvalue weighted by Crippen LogP contribution is -2.15. The lowest BCUT2D eigenvalue weighted by molar-refractivity contribution is 0.0988. The van der Waals surface area contributed by atoms with Crippen molar-refractivity contribution in [3.05, 3.63) is 40.8 Å². The summed E-state index contributed by atoms with van der Waals surface area (Å²) in [5.74, 6) is 0.203. The third-order valence-electron chi connectivity index (χ3n) is 3.92. The van der Waals surface area contributed by atoms with E-state index < -0.39 is 5.25 Å². The summed E-state index contributed by atoms with van der Waals surface area (Å²) in [5.41, 5.74) is 3.14. The van der Waals surface area contributed by atoms with Crippen LogP contribution in [0.5, 0.6) is 0 Å². The Kier molecular flexibility index (Phi) is 4.63. The molecule has 130 valence electrons. The zero-order valence-corrected chi connectivity index (χ0v) is 15.2. The maximum absolute atomic E-state index is 12.7. The molecule has 0 aliphatic rings. The highest BCUT2D eigenvalue weighted by Gasteiger charge is 2.25. The van der Waals surface area contributed by atoms with Crippen LogP contribution in [0, 0.1) is 13.8 Å². The second-order valence-corrected chi connectivity index (χ2v) is 7.05. The van der Waals surface area contributed by atoms with Crippen molar-refractivity contribution >= 4 is 23.3 Å². The highest BCUT2D eigenvalue weighted by Crippen LogP contribution is 2.28. The zero-order valence-electron chi connectivity index (χ0n) is 14.3. The molecule has 3 heterocycles. The van der Waals surface area contributed by atoms with Gasteiger partial charge < -0.3 is 14.4 Å². The van der Waals surface area contributed by atoms with E-state index in [0.29, 0.717) is 33.6 Å². The van der Waals surface area contributed by atoms with Crippen LogP contribution in [-0.4, -0.2) is 37.0 Å². The summed E-state index contributed by atoms with van der Waals surface area (Å²) in [6, 6.07) is 3.66. The quantitative estimate of drug-likeness (QED) is 0.515. The van der Waals surface area contributed by atoms with Gasteiger partial charge in [-0.2, -0.15) is 0 Å². The first-order valence-corrected chi connectivity index (χ1v) is 8.64. The number of H-pyrrole nitrogens is 2. The number of rotatable bonds is 6. The van der Waals surface area contributed by atoms with E-state index in [1.807, 2.05) is 12.1 Å². The summed E-state index contributed by atoms with van der Waals surface area (Å²) < 4.78 is 5.58. The molecular formula is C17H18N4O3S. The molecule has 1 unspecified atom stereocenters. The van der Waals surface area contributed by atoms with Gasteiger partial charge in [0.15, 0.2) is 11.6 Å². The maximum Gasteiger partial charge on any atom is 0.277 e. The molecule has 0 spiro atoms. The van der Waals surface area contributed by atoms with Gasteiger partial charge in [-0.05, 0) is 45.4 Å². The minimum atomic E-state index is -0.437. The number of ketones is 2. The Balaban J connectivity index is 1.78. The van der Waals surface area contributed by atoms with E-state index in [1.54, 1.807) is 27.0 Å². The van der Waals surface area contributed by atoms with E-state index in [4.69, 9.17) is 4.42 Å². The number of aryl methyl sites for hydroxylation is 1. The van der Waals surface area contributed by atoms with Crippen molar-refractivity contribution < 1.29 is 14.0 Å². The van der Waals surface area contributed by atoms with Gasteiger partial charge in [0.05, 0.1) is 10.9 Å². The van der Waals surface area contributed by atoms with Gasteiger partial charge in [0.1, 0.15) is 5.69 Å². The molecule has 0 saturated heterocycles. The summed E-state index contributed by atoms with van der Waals surface area (Å²) in [6.07, 6.45) is 1.77. The van der Waals surface area contributed by atoms with E-state index in [9.17, 15) is 9.59 Å². The first-order chi connectivity index (χ1) is 11.9. The van der Waals surface area contributed by atoms with E-state index in [2.05, 4.69) is 20.2 Å². The van der Waals surface area contributed by atoms with Crippen molar-refractivity contribution in [1.29, 1.82) is 0 Å². The number of hydrogen-bond donors (Lipinski definition) is 2. The Morgan fingerprint density at radius 2 is 2.04 bits per heavy atom. The summed E-state index contributed by atoms with van der Waals surface area (Å²) in [5, 5.41) is 7.82. The third kappa shape index (κ3) is 3.30. The van der Waals surface area contributed by atoms with E-state index in [0.717, 1.165) is 5.69 Å². The molecule has 0 aliphatic carbocycles. The van der Waals surface area contributed by atoms with Gasteiger partial charge in [-0.25, -0.2) is 0 Å². The second kappa shape index (κ2) is 6.72. The van der Waals surface area contributed by atoms with Gasteiger partial charge in [-0.15, -0.1) is 10.2 Å². The molecule has 3 aromatic heterocycles. The topological polar surface area (TPSA) is 105 Å². The third-order valence-corrected chi connectivity index (χ3v) is 4.85. The summed E-state index contributed by atoms with van der Waals surface area (Å²) in [7, 11) is 0. The molecule has 3 rings (SSSR count). The van der Waals surface area contributed by atoms with Gasteiger partial charge in [-0.3, -0.25) is 9.59 Å². The Hall–Kier alpha value is -2.61. The second-order valence-electron chi connectivity index (χ2n) is 5.76. The number of Topliss-reactive ketones (excluding diaryl/α,β-unsaturated/α-hetero) is 2. The van der Waals surface area contributed by atoms with Crippen LogP contribution in [0.15, 0.2) is 28.0 Å². The lowest BCUT2D eigenvalue weighted by Gasteiger charge is -2.07. The molecule has 0 radical (unpaired) electrons. The number of aromatic nitrogens is 4. The number of carbonyl (C=O) groups excluding carboxylic acids is 2. The molecule has 2 N–H and O–H groups in total. The smallest absolute Gasteiger partial charge is 0.277 e. The highest BCUT2D eigenvalue weighted by molar-refractivity contribution is 8.00. The number of aromatic amines is 2. The first-order valence-electron chi connectivity index (χ1n) is 7.76. The Bertz CT molecular complexity index is 924. The predicted octanol–water partition coefficient (Wildman–Crippen LogP) is 3.58. The maximum atomic E-state index is 12.7. The van der Waals surface area contributed by atoms with E-state index in [1.165, 1.54) is 18.7 Å². The fourth-order valence-electron chi connectivity index (χ4n) is 2.76. The van der Waals surface area contributed by atoms with Crippen LogP contribution >= 0.6 is 11.8 Å². The predicted molar refractivity (Wildman–Crippen MR) is 94.0 cm³/mol. The molecule has 3 aromatic rings. The fraction of sp³-hybridized carbons (Fsp3) is 0.294. The summed E-state index contributed by atoms with van der Waals surface area (Å²) in [4.78, 5) is 30.5. The normalized spacial score (nSPS) is 12.3. The zero-order chi connectivity index (χ0) is 18.1. The molecule has 0 fully saturated rings. The van der Waals surface area contributed by atoms with E-state index >= 15 is 0 Å². The van der Waals surface area contributed by atoms with Gasteiger partial charge in [0.2, 0.25) is 0 Å². The SMILES string of the molecule is CC(=O)c1c(C)[nH]c(C(=O)C(C)Sc2nnc(-c3ccc[nH]3)o2)c1C. The number of nitrogens with one attached hydrogen (secondary N) is 2. The summed E-state index contributed by atoms with van der Waals surface area (Å²) >= 11 is 1.19. The Morgan fingerprint density at radius 1 is 1.28 bits per heavy atom. The largest absolute Gasteiger partial charge is 0.410 e. The summed E-state index contributed by atoms with van der Waals surface area (Å²) in [6.45, 7) is 6.84. The highest BCUT2D eigenvalue weighted by atomic mass is 32.2. The van der Waals surface area contributed by atoms with Crippen molar-refractivity contribution in [1.82, 2.24) is 20.2 Å². The van der Waals surface area contributed by atoms with Crippen molar-refractivity contribution in [3.63, 3.8) is 0 Å². The fourth-order valence-corrected chi connectivity index (χ4v) is 3.50. The minimum absolute atomic E-state index is 0.0573. The van der Waals surface area contributed by atoms with Crippen molar-refractivity contribution in [2.24, 2.45) is 0 Å². The van der Waals surface area contributed by atoms with E-state index in [-0.39, 0.29) is 11.6 Å². The van der Waals surface area contributed by atoms with Crippen molar-refractivity contribution in [3.8, 4) is 11.6 Å². The number of thioether (sulfide) groups is 1. The van der Waals surface area contributed by atoms with Crippen LogP contribution in [0.4, 0.5) is 0 Å². The Labute approximate surface area is 148 Å². The number of hydrogen-bond acceptors (Lipinski definition) is 6.